The monoisotopic (exact) mass is 850 g/mol. The Morgan fingerprint density at radius 1 is 0.934 bits per heavy atom. The van der Waals surface area contributed by atoms with Gasteiger partial charge in [-0.1, -0.05) is 105 Å². The van der Waals surface area contributed by atoms with Gasteiger partial charge in [0, 0.05) is 45.4 Å². The van der Waals surface area contributed by atoms with E-state index >= 15 is 0 Å². The van der Waals surface area contributed by atoms with E-state index in [1.54, 1.807) is 25.7 Å². The average Bonchev–Trinajstić information content (AvgIpc) is 3.60. The zero-order valence-electron chi connectivity index (χ0n) is 37.5. The molecule has 2 saturated heterocycles. The van der Waals surface area contributed by atoms with Crippen molar-refractivity contribution in [1.29, 1.82) is 0 Å². The molecular weight excluding hydrogens is 783 g/mol. The molecule has 8 amide bonds. The van der Waals surface area contributed by atoms with Crippen LogP contribution in [0.5, 0.6) is 0 Å². The Kier molecular flexibility index (Phi) is 15.9. The molecule has 1 unspecified atom stereocenters. The molecule has 3 aliphatic rings. The number of amides is 8. The van der Waals surface area contributed by atoms with Gasteiger partial charge in [-0.05, 0) is 40.2 Å². The maximum atomic E-state index is 14.8. The third-order valence-corrected chi connectivity index (χ3v) is 11.6. The van der Waals surface area contributed by atoms with E-state index in [1.807, 2.05) is 65.8 Å². The van der Waals surface area contributed by atoms with E-state index in [0.717, 1.165) is 11.1 Å². The Morgan fingerprint density at radius 3 is 2.16 bits per heavy atom. The molecule has 5 atom stereocenters. The van der Waals surface area contributed by atoms with Gasteiger partial charge in [-0.3, -0.25) is 33.7 Å². The predicted octanol–water partition coefficient (Wildman–Crippen LogP) is 4.00. The molecule has 0 aliphatic carbocycles. The summed E-state index contributed by atoms with van der Waals surface area (Å²) in [6, 6.07) is 2.74. The summed E-state index contributed by atoms with van der Waals surface area (Å²) in [5.41, 5.74) is 0.125. The van der Waals surface area contributed by atoms with Gasteiger partial charge < -0.3 is 35.8 Å². The molecule has 1 aromatic carbocycles. The second-order valence-corrected chi connectivity index (χ2v) is 19.5. The molecule has 16 nitrogen and oxygen atoms in total. The maximum absolute atomic E-state index is 14.8. The zero-order valence-corrected chi connectivity index (χ0v) is 37.5. The van der Waals surface area contributed by atoms with Gasteiger partial charge in [-0.25, -0.2) is 9.59 Å². The number of fused-ring (bicyclic) bond motifs is 1. The molecule has 0 radical (unpaired) electrons. The summed E-state index contributed by atoms with van der Waals surface area (Å²) in [6.07, 6.45) is 2.19. The van der Waals surface area contributed by atoms with Gasteiger partial charge in [0.2, 0.25) is 29.4 Å². The lowest BCUT2D eigenvalue weighted by Gasteiger charge is -2.40. The zero-order chi connectivity index (χ0) is 45.4. The van der Waals surface area contributed by atoms with Gasteiger partial charge in [0.05, 0.1) is 18.6 Å². The topological polar surface area (TPSA) is 204 Å². The van der Waals surface area contributed by atoms with E-state index in [0.29, 0.717) is 32.4 Å². The molecule has 1 aromatic rings. The number of nitrogens with zero attached hydrogens (tertiary/aromatic N) is 3. The van der Waals surface area contributed by atoms with Crippen LogP contribution in [-0.4, -0.2) is 119 Å². The Hall–Kier alpha value is -5.28. The number of unbranched alkanes of at least 4 members (excludes halogenated alkanes) is 1. The molecule has 3 heterocycles. The van der Waals surface area contributed by atoms with E-state index in [4.69, 9.17) is 4.74 Å². The van der Waals surface area contributed by atoms with Crippen LogP contribution in [0.2, 0.25) is 0 Å². The van der Waals surface area contributed by atoms with Crippen LogP contribution >= 0.6 is 0 Å². The van der Waals surface area contributed by atoms with Crippen molar-refractivity contribution < 1.29 is 43.1 Å². The molecule has 4 N–H and O–H groups in total. The minimum Gasteiger partial charge on any atom is -0.444 e. The van der Waals surface area contributed by atoms with E-state index in [2.05, 4.69) is 27.8 Å². The number of benzene rings is 1. The van der Waals surface area contributed by atoms with Gasteiger partial charge >= 0.3 is 12.1 Å². The fourth-order valence-corrected chi connectivity index (χ4v) is 7.88. The Bertz CT molecular complexity index is 1830. The van der Waals surface area contributed by atoms with Gasteiger partial charge in [0.1, 0.15) is 18.2 Å². The highest BCUT2D eigenvalue weighted by molar-refractivity contribution is 6.38. The van der Waals surface area contributed by atoms with Crippen LogP contribution in [0.15, 0.2) is 36.9 Å². The van der Waals surface area contributed by atoms with Crippen molar-refractivity contribution in [3.8, 4) is 0 Å². The normalized spacial score (nSPS) is 20.4. The van der Waals surface area contributed by atoms with Crippen LogP contribution < -0.4 is 21.3 Å². The standard InChI is InChI=1S/C45H67N7O9/c1-11-13-18-31(36(55)39(57)46-20-12-2)47-38(56)32-22-30(61-42(60)50-21-19-28-16-14-15-17-29(28)25-50)26-51(32)40(58)37(44(6,7)8)49-41(59)48-33(43(3,4)5)27-52-34(53)23-45(9,10)24-35(52)54/h12,14-17,30-33,37H,2,11,13,18-27H2,1,3-10H3,(H,46,57)(H,47,56)(H2,48,49,59)/t30-,31?,32+,33-,37-/m1/s1. The first-order chi connectivity index (χ1) is 28.4. The van der Waals surface area contributed by atoms with Crippen LogP contribution in [-0.2, 0) is 46.5 Å². The lowest BCUT2D eigenvalue weighted by Crippen LogP contribution is -2.62. The fraction of sp³-hybridized carbons (Fsp3) is 0.644. The largest absolute Gasteiger partial charge is 0.444 e. The number of imide groups is 1. The number of carbonyl (C=O) groups excluding carboxylic acids is 8. The first-order valence-corrected chi connectivity index (χ1v) is 21.4. The van der Waals surface area contributed by atoms with Crippen molar-refractivity contribution in [2.24, 2.45) is 16.2 Å². The fourth-order valence-electron chi connectivity index (χ4n) is 7.88. The van der Waals surface area contributed by atoms with E-state index in [9.17, 15) is 38.4 Å². The Balaban J connectivity index is 1.59. The molecule has 2 fully saturated rings. The first-order valence-electron chi connectivity index (χ1n) is 21.4. The lowest BCUT2D eigenvalue weighted by atomic mass is 9.80. The smallest absolute Gasteiger partial charge is 0.410 e. The highest BCUT2D eigenvalue weighted by atomic mass is 16.6. The highest BCUT2D eigenvalue weighted by Gasteiger charge is 2.48. The molecule has 61 heavy (non-hydrogen) atoms. The van der Waals surface area contributed by atoms with Crippen LogP contribution in [0.3, 0.4) is 0 Å². The number of hydrogen-bond acceptors (Lipinski definition) is 9. The van der Waals surface area contributed by atoms with Crippen molar-refractivity contribution in [2.45, 2.75) is 144 Å². The number of likely N-dealkylation sites (tertiary alicyclic amines) is 2. The Labute approximate surface area is 360 Å². The van der Waals surface area contributed by atoms with E-state index in [1.165, 1.54) is 15.9 Å². The molecule has 336 valence electrons. The van der Waals surface area contributed by atoms with Crippen molar-refractivity contribution in [3.05, 3.63) is 48.0 Å². The highest BCUT2D eigenvalue weighted by Crippen LogP contribution is 2.33. The lowest BCUT2D eigenvalue weighted by molar-refractivity contribution is -0.153. The summed E-state index contributed by atoms with van der Waals surface area (Å²) in [7, 11) is 0. The average molecular weight is 850 g/mol. The first kappa shape index (κ1) is 48.4. The second kappa shape index (κ2) is 20.1. The number of hydrogen-bond donors (Lipinski definition) is 4. The van der Waals surface area contributed by atoms with Crippen LogP contribution in [0.1, 0.15) is 112 Å². The number of ketones is 1. The molecular formula is C45H67N7O9. The van der Waals surface area contributed by atoms with Crippen molar-refractivity contribution in [1.82, 2.24) is 36.0 Å². The van der Waals surface area contributed by atoms with Crippen LogP contribution in [0.25, 0.3) is 0 Å². The molecule has 0 bridgehead atoms. The minimum atomic E-state index is -1.24. The van der Waals surface area contributed by atoms with Gasteiger partial charge in [-0.15, -0.1) is 6.58 Å². The molecule has 3 aliphatic heterocycles. The summed E-state index contributed by atoms with van der Waals surface area (Å²) in [6.45, 7) is 20.6. The SMILES string of the molecule is C=CCNC(=O)C(=O)C(CCCC)NC(=O)[C@@H]1C[C@@H](OC(=O)N2CCc3ccccc3C2)CN1C(=O)[C@@H](NC(=O)N[C@H](CN1C(=O)CC(C)(C)CC1=O)C(C)(C)C)C(C)(C)C. The van der Waals surface area contributed by atoms with Crippen molar-refractivity contribution in [2.75, 3.05) is 26.2 Å². The summed E-state index contributed by atoms with van der Waals surface area (Å²) < 4.78 is 5.98. The molecule has 16 heteroatoms. The summed E-state index contributed by atoms with van der Waals surface area (Å²) in [4.78, 5) is 113. The maximum Gasteiger partial charge on any atom is 0.410 e. The van der Waals surface area contributed by atoms with Crippen molar-refractivity contribution >= 4 is 47.4 Å². The summed E-state index contributed by atoms with van der Waals surface area (Å²) >= 11 is 0. The van der Waals surface area contributed by atoms with Gasteiger partial charge in [0.25, 0.3) is 5.91 Å². The van der Waals surface area contributed by atoms with Crippen LogP contribution in [0.4, 0.5) is 9.59 Å². The number of carbonyl (C=O) groups is 8. The minimum absolute atomic E-state index is 0.0533. The molecule has 0 aromatic heterocycles. The number of ether oxygens (including phenoxy) is 1. The third kappa shape index (κ3) is 12.9. The third-order valence-electron chi connectivity index (χ3n) is 11.6. The Morgan fingerprint density at radius 2 is 1.57 bits per heavy atom. The second-order valence-electron chi connectivity index (χ2n) is 19.5. The number of Topliss-reactive ketones (excluding diaryl/α,β-unsaturated/α-hetero) is 1. The predicted molar refractivity (Wildman–Crippen MR) is 229 cm³/mol. The summed E-state index contributed by atoms with van der Waals surface area (Å²) in [5, 5.41) is 10.9. The van der Waals surface area contributed by atoms with E-state index in [-0.39, 0.29) is 57.1 Å². The number of piperidine rings is 1. The quantitative estimate of drug-likeness (QED) is 0.114. The van der Waals surface area contributed by atoms with Gasteiger partial charge in [0.15, 0.2) is 0 Å². The summed E-state index contributed by atoms with van der Waals surface area (Å²) in [5.74, 6) is -3.72. The number of rotatable bonds is 15. The van der Waals surface area contributed by atoms with Gasteiger partial charge in [-0.2, -0.15) is 0 Å². The number of nitrogens with one attached hydrogen (secondary N) is 4. The number of urea groups is 1. The van der Waals surface area contributed by atoms with Crippen LogP contribution in [0, 0.1) is 16.2 Å². The molecule has 0 spiro atoms. The molecule has 0 saturated carbocycles. The van der Waals surface area contributed by atoms with E-state index < -0.39 is 82.1 Å². The van der Waals surface area contributed by atoms with Crippen molar-refractivity contribution in [3.63, 3.8) is 0 Å². The molecule has 4 rings (SSSR count).